The molecule has 120 valence electrons. The van der Waals surface area contributed by atoms with E-state index in [1.54, 1.807) is 0 Å². The maximum absolute atomic E-state index is 10.9. The Morgan fingerprint density at radius 3 is 1.90 bits per heavy atom. The highest BCUT2D eigenvalue weighted by Gasteiger charge is 1.97. The van der Waals surface area contributed by atoms with E-state index in [4.69, 9.17) is 0 Å². The van der Waals surface area contributed by atoms with Gasteiger partial charge in [-0.1, -0.05) is 43.4 Å². The van der Waals surface area contributed by atoms with Gasteiger partial charge in [0.15, 0.2) is 0 Å². The van der Waals surface area contributed by atoms with Gasteiger partial charge in [-0.2, -0.15) is 0 Å². The maximum atomic E-state index is 10.9. The van der Waals surface area contributed by atoms with Crippen molar-refractivity contribution < 1.29 is 9.53 Å². The molecular weight excluding hydrogens is 260 g/mol. The number of carbonyl (C=O) groups is 1. The summed E-state index contributed by atoms with van der Waals surface area (Å²) in [6, 6.07) is 0. The van der Waals surface area contributed by atoms with Crippen molar-refractivity contribution >= 4 is 5.97 Å². The van der Waals surface area contributed by atoms with Gasteiger partial charge in [-0.05, 0) is 57.8 Å². The monoisotopic (exact) mass is 292 g/mol. The van der Waals surface area contributed by atoms with Crippen LogP contribution in [0.1, 0.15) is 71.1 Å². The van der Waals surface area contributed by atoms with Gasteiger partial charge in [-0.3, -0.25) is 4.79 Å². The van der Waals surface area contributed by atoms with E-state index in [1.165, 1.54) is 32.8 Å². The van der Waals surface area contributed by atoms with Crippen LogP contribution in [0.2, 0.25) is 0 Å². The zero-order chi connectivity index (χ0) is 15.6. The van der Waals surface area contributed by atoms with Crippen molar-refractivity contribution in [3.05, 3.63) is 36.5 Å². The lowest BCUT2D eigenvalue weighted by Crippen LogP contribution is -1.98. The second-order valence-electron chi connectivity index (χ2n) is 5.16. The molecule has 0 aliphatic carbocycles. The fourth-order valence-corrected chi connectivity index (χ4v) is 1.95. The summed E-state index contributed by atoms with van der Waals surface area (Å²) in [5.74, 6) is -0.0998. The summed E-state index contributed by atoms with van der Waals surface area (Å²) in [5.41, 5.74) is 0. The van der Waals surface area contributed by atoms with E-state index in [-0.39, 0.29) is 5.97 Å². The molecule has 0 aliphatic rings. The Morgan fingerprint density at radius 1 is 0.810 bits per heavy atom. The molecule has 0 radical (unpaired) electrons. The summed E-state index contributed by atoms with van der Waals surface area (Å²) in [5, 5.41) is 0. The zero-order valence-corrected chi connectivity index (χ0v) is 13.9. The summed E-state index contributed by atoms with van der Waals surface area (Å²) in [6.07, 6.45) is 24.2. The van der Waals surface area contributed by atoms with Crippen molar-refractivity contribution in [3.63, 3.8) is 0 Å². The molecule has 21 heavy (non-hydrogen) atoms. The molecule has 0 spiro atoms. The van der Waals surface area contributed by atoms with Gasteiger partial charge in [0.1, 0.15) is 0 Å². The molecule has 0 aromatic carbocycles. The minimum absolute atomic E-state index is 0.0998. The van der Waals surface area contributed by atoms with E-state index in [1.807, 2.05) is 0 Å². The van der Waals surface area contributed by atoms with Crippen molar-refractivity contribution in [1.29, 1.82) is 0 Å². The molecule has 0 atom stereocenters. The number of unbranched alkanes of at least 4 members (excludes halogenated alkanes) is 5. The number of hydrogen-bond donors (Lipinski definition) is 0. The molecule has 0 N–H and O–H groups in total. The maximum Gasteiger partial charge on any atom is 0.305 e. The molecule has 0 bridgehead atoms. The molecule has 0 saturated heterocycles. The third-order valence-electron chi connectivity index (χ3n) is 3.23. The highest BCUT2D eigenvalue weighted by Crippen LogP contribution is 2.05. The molecule has 0 aromatic rings. The lowest BCUT2D eigenvalue weighted by atomic mass is 10.1. The summed E-state index contributed by atoms with van der Waals surface area (Å²) in [7, 11) is 1.44. The predicted molar refractivity (Wildman–Crippen MR) is 91.3 cm³/mol. The van der Waals surface area contributed by atoms with E-state index in [0.717, 1.165) is 32.1 Å². The number of ether oxygens (including phenoxy) is 1. The molecule has 0 amide bonds. The van der Waals surface area contributed by atoms with E-state index >= 15 is 0 Å². The average molecular weight is 292 g/mol. The van der Waals surface area contributed by atoms with Crippen molar-refractivity contribution in [2.24, 2.45) is 0 Å². The largest absolute Gasteiger partial charge is 0.469 e. The van der Waals surface area contributed by atoms with Gasteiger partial charge in [0, 0.05) is 6.42 Å². The van der Waals surface area contributed by atoms with Crippen molar-refractivity contribution in [3.8, 4) is 0 Å². The summed E-state index contributed by atoms with van der Waals surface area (Å²) in [4.78, 5) is 10.9. The van der Waals surface area contributed by atoms with Gasteiger partial charge < -0.3 is 4.74 Å². The summed E-state index contributed by atoms with van der Waals surface area (Å²) >= 11 is 0. The molecule has 0 aromatic heterocycles. The third kappa shape index (κ3) is 16.6. The van der Waals surface area contributed by atoms with Crippen LogP contribution in [0.3, 0.4) is 0 Å². The number of rotatable bonds is 13. The van der Waals surface area contributed by atoms with Crippen molar-refractivity contribution in [2.45, 2.75) is 71.1 Å². The topological polar surface area (TPSA) is 26.3 Å². The Hall–Kier alpha value is -1.31. The van der Waals surface area contributed by atoms with Crippen LogP contribution in [-0.2, 0) is 9.53 Å². The number of methoxy groups -OCH3 is 1. The van der Waals surface area contributed by atoms with E-state index in [0.29, 0.717) is 6.42 Å². The van der Waals surface area contributed by atoms with Crippen LogP contribution < -0.4 is 0 Å². The Morgan fingerprint density at radius 2 is 1.33 bits per heavy atom. The molecule has 2 nitrogen and oxygen atoms in total. The Labute approximate surface area is 131 Å². The zero-order valence-electron chi connectivity index (χ0n) is 13.9. The molecule has 0 saturated carbocycles. The molecule has 0 fully saturated rings. The molecule has 2 heteroatoms. The highest BCUT2D eigenvalue weighted by atomic mass is 16.5. The first-order chi connectivity index (χ1) is 10.3. The first-order valence-electron chi connectivity index (χ1n) is 8.33. The molecular formula is C19H32O2. The third-order valence-corrected chi connectivity index (χ3v) is 3.23. The quantitative estimate of drug-likeness (QED) is 0.245. The van der Waals surface area contributed by atoms with E-state index in [9.17, 15) is 4.79 Å². The van der Waals surface area contributed by atoms with Crippen LogP contribution >= 0.6 is 0 Å². The van der Waals surface area contributed by atoms with E-state index in [2.05, 4.69) is 48.1 Å². The SMILES string of the molecule is CCC=CCC=CCCCCC=CCCCCC(=O)OC. The Balaban J connectivity index is 3.25. The Kier molecular flexibility index (Phi) is 15.7. The number of allylic oxidation sites excluding steroid dienone is 6. The predicted octanol–water partition coefficient (Wildman–Crippen LogP) is 5.75. The van der Waals surface area contributed by atoms with Crippen molar-refractivity contribution in [2.75, 3.05) is 7.11 Å². The Bertz CT molecular complexity index is 314. The summed E-state index contributed by atoms with van der Waals surface area (Å²) in [6.45, 7) is 2.16. The average Bonchev–Trinajstić information content (AvgIpc) is 2.50. The van der Waals surface area contributed by atoms with Crippen LogP contribution in [0.5, 0.6) is 0 Å². The van der Waals surface area contributed by atoms with Gasteiger partial charge in [-0.25, -0.2) is 0 Å². The fraction of sp³-hybridized carbons (Fsp3) is 0.632. The smallest absolute Gasteiger partial charge is 0.305 e. The van der Waals surface area contributed by atoms with Crippen molar-refractivity contribution in [1.82, 2.24) is 0 Å². The second kappa shape index (κ2) is 16.7. The van der Waals surface area contributed by atoms with Gasteiger partial charge in [0.2, 0.25) is 0 Å². The van der Waals surface area contributed by atoms with Crippen LogP contribution in [0, 0.1) is 0 Å². The molecule has 0 unspecified atom stereocenters. The van der Waals surface area contributed by atoms with Gasteiger partial charge in [0.05, 0.1) is 7.11 Å². The minimum atomic E-state index is -0.0998. The lowest BCUT2D eigenvalue weighted by Gasteiger charge is -1.97. The standard InChI is InChI=1S/C19H32O2/c1-3-4-5-6-7-8-9-10-11-12-13-14-15-16-17-18-19(20)21-2/h4-5,7-8,13-14H,3,6,9-12,15-18H2,1-2H3. The second-order valence-corrected chi connectivity index (χ2v) is 5.16. The first kappa shape index (κ1) is 19.7. The van der Waals surface area contributed by atoms with Crippen LogP contribution in [0.15, 0.2) is 36.5 Å². The lowest BCUT2D eigenvalue weighted by molar-refractivity contribution is -0.140. The van der Waals surface area contributed by atoms with Gasteiger partial charge in [-0.15, -0.1) is 0 Å². The first-order valence-corrected chi connectivity index (χ1v) is 8.33. The van der Waals surface area contributed by atoms with E-state index < -0.39 is 0 Å². The molecule has 0 rings (SSSR count). The van der Waals surface area contributed by atoms with Crippen LogP contribution in [-0.4, -0.2) is 13.1 Å². The van der Waals surface area contributed by atoms with Crippen LogP contribution in [0.25, 0.3) is 0 Å². The highest BCUT2D eigenvalue weighted by molar-refractivity contribution is 5.68. The number of hydrogen-bond acceptors (Lipinski definition) is 2. The van der Waals surface area contributed by atoms with Gasteiger partial charge >= 0.3 is 5.97 Å². The molecule has 0 aliphatic heterocycles. The summed E-state index contributed by atoms with van der Waals surface area (Å²) < 4.78 is 4.60. The van der Waals surface area contributed by atoms with Crippen LogP contribution in [0.4, 0.5) is 0 Å². The van der Waals surface area contributed by atoms with Gasteiger partial charge in [0.25, 0.3) is 0 Å². The molecule has 0 heterocycles. The number of carbonyl (C=O) groups excluding carboxylic acids is 1. The fourth-order valence-electron chi connectivity index (χ4n) is 1.95. The minimum Gasteiger partial charge on any atom is -0.469 e. The normalized spacial score (nSPS) is 11.9. The number of esters is 1.